The number of nitrogens with zero attached hydrogens (tertiary/aromatic N) is 4. The number of nitrogens with one attached hydrogen (secondary N) is 2. The smallest absolute Gasteiger partial charge is 0.254 e. The number of halogens is 3. The summed E-state index contributed by atoms with van der Waals surface area (Å²) < 4.78 is 33.2. The number of anilines is 2. The zero-order chi connectivity index (χ0) is 29.3. The van der Waals surface area contributed by atoms with Crippen LogP contribution in [0.3, 0.4) is 0 Å². The van der Waals surface area contributed by atoms with E-state index in [9.17, 15) is 9.59 Å². The number of benzene rings is 2. The Morgan fingerprint density at radius 3 is 2.73 bits per heavy atom. The molecule has 4 N–H and O–H groups in total. The van der Waals surface area contributed by atoms with Crippen LogP contribution in [0.25, 0.3) is 22.5 Å². The fourth-order valence-corrected chi connectivity index (χ4v) is 5.28. The quantitative estimate of drug-likeness (QED) is 0.296. The Hall–Kier alpha value is -4.51. The summed E-state index contributed by atoms with van der Waals surface area (Å²) in [5, 5.41) is 9.90. The maximum Gasteiger partial charge on any atom is 0.254 e. The Kier molecular flexibility index (Phi) is 7.89. The molecule has 2 aromatic heterocycles. The zero-order valence-corrected chi connectivity index (χ0v) is 23.1. The molecule has 2 unspecified atom stereocenters. The maximum atomic E-state index is 15.1. The van der Waals surface area contributed by atoms with Gasteiger partial charge in [0.1, 0.15) is 5.82 Å². The Morgan fingerprint density at radius 2 is 1.98 bits per heavy atom. The average Bonchev–Trinajstić information content (AvgIpc) is 3.30. The molecule has 12 heteroatoms. The number of aryl methyl sites for hydroxylation is 1. The van der Waals surface area contributed by atoms with Crippen molar-refractivity contribution in [2.24, 2.45) is 18.7 Å². The molecule has 0 fully saturated rings. The molecule has 1 aliphatic rings. The molecule has 212 valence electrons. The van der Waals surface area contributed by atoms with Crippen molar-refractivity contribution in [1.29, 1.82) is 0 Å². The van der Waals surface area contributed by atoms with Crippen LogP contribution >= 0.6 is 11.6 Å². The molecule has 0 saturated heterocycles. The highest BCUT2D eigenvalue weighted by Crippen LogP contribution is 2.36. The number of rotatable bonds is 4. The fourth-order valence-electron chi connectivity index (χ4n) is 5.12. The van der Waals surface area contributed by atoms with E-state index in [0.29, 0.717) is 47.5 Å². The van der Waals surface area contributed by atoms with Crippen LogP contribution in [0, 0.1) is 17.6 Å². The predicted molar refractivity (Wildman–Crippen MR) is 154 cm³/mol. The normalized spacial score (nSPS) is 17.4. The third-order valence-corrected chi connectivity index (χ3v) is 7.49. The average molecular weight is 580 g/mol. The molecule has 1 amide bonds. The second kappa shape index (κ2) is 11.5. The summed E-state index contributed by atoms with van der Waals surface area (Å²) in [5.74, 6) is -1.73. The third-order valence-electron chi connectivity index (χ3n) is 7.19. The minimum absolute atomic E-state index is 0.00941. The van der Waals surface area contributed by atoms with Gasteiger partial charge in [0.15, 0.2) is 5.82 Å². The molecule has 0 radical (unpaired) electrons. The number of carbonyl (C=O) groups is 1. The van der Waals surface area contributed by atoms with E-state index in [1.165, 1.54) is 53.8 Å². The molecule has 5 rings (SSSR count). The number of carbonyl (C=O) groups excluding carboxylic acids is 1. The highest BCUT2D eigenvalue weighted by Gasteiger charge is 2.24. The first-order valence-electron chi connectivity index (χ1n) is 13.0. The predicted octanol–water partition coefficient (Wildman–Crippen LogP) is 5.43. The Bertz CT molecular complexity index is 1720. The van der Waals surface area contributed by atoms with Crippen molar-refractivity contribution in [3.63, 3.8) is 0 Å². The first-order valence-corrected chi connectivity index (χ1v) is 13.4. The number of aromatic nitrogens is 4. The van der Waals surface area contributed by atoms with Crippen LogP contribution in [0.5, 0.6) is 0 Å². The lowest BCUT2D eigenvalue weighted by atomic mass is 9.94. The fraction of sp³-hybridized carbons (Fsp3) is 0.241. The van der Waals surface area contributed by atoms with Gasteiger partial charge in [0, 0.05) is 37.0 Å². The summed E-state index contributed by atoms with van der Waals surface area (Å²) in [5.41, 5.74) is 7.40. The van der Waals surface area contributed by atoms with E-state index in [1.807, 2.05) is 6.92 Å². The van der Waals surface area contributed by atoms with Crippen molar-refractivity contribution >= 4 is 28.9 Å². The molecule has 9 nitrogen and oxygen atoms in total. The van der Waals surface area contributed by atoms with E-state index >= 15 is 8.78 Å². The zero-order valence-electron chi connectivity index (χ0n) is 22.4. The molecular formula is C29H28ClF2N7O2. The van der Waals surface area contributed by atoms with E-state index in [0.717, 1.165) is 0 Å². The van der Waals surface area contributed by atoms with Crippen molar-refractivity contribution in [2.45, 2.75) is 32.2 Å². The third kappa shape index (κ3) is 5.58. The molecule has 2 atom stereocenters. The van der Waals surface area contributed by atoms with Gasteiger partial charge in [-0.25, -0.2) is 13.8 Å². The van der Waals surface area contributed by atoms with E-state index in [-0.39, 0.29) is 28.1 Å². The largest absolute Gasteiger partial charge is 0.403 e. The van der Waals surface area contributed by atoms with Gasteiger partial charge < -0.3 is 16.4 Å². The number of fused-ring (bicyclic) bond motifs is 4. The van der Waals surface area contributed by atoms with Crippen LogP contribution in [0.15, 0.2) is 66.1 Å². The topological polar surface area (TPSA) is 120 Å². The molecule has 3 heterocycles. The molecule has 0 saturated carbocycles. The van der Waals surface area contributed by atoms with Crippen molar-refractivity contribution < 1.29 is 13.6 Å². The molecule has 1 aliphatic heterocycles. The molecule has 0 aliphatic carbocycles. The van der Waals surface area contributed by atoms with Crippen LogP contribution in [0.4, 0.5) is 20.2 Å². The monoisotopic (exact) mass is 579 g/mol. The summed E-state index contributed by atoms with van der Waals surface area (Å²) >= 11 is 6.04. The lowest BCUT2D eigenvalue weighted by Gasteiger charge is -2.23. The second-order valence-corrected chi connectivity index (χ2v) is 10.4. The number of nitrogens with two attached hydrogens (primary N) is 1. The van der Waals surface area contributed by atoms with Gasteiger partial charge in [0.05, 0.1) is 51.9 Å². The van der Waals surface area contributed by atoms with Crippen LogP contribution < -0.4 is 21.9 Å². The maximum absolute atomic E-state index is 15.1. The Labute approximate surface area is 239 Å². The lowest BCUT2D eigenvalue weighted by molar-refractivity contribution is -0.119. The van der Waals surface area contributed by atoms with Crippen molar-refractivity contribution in [1.82, 2.24) is 19.3 Å². The first-order chi connectivity index (χ1) is 19.7. The van der Waals surface area contributed by atoms with Crippen LogP contribution in [-0.4, -0.2) is 25.2 Å². The standard InChI is InChI=1S/C29H28ClF2N7O2/c1-16-4-3-5-24(17-10-18(12-19(31)11-17)28-23(37-29(16)41)14-36-38(28)2)39-15-35-22(13-25(39)40)26-21(34-9-8-33)7-6-20(30)27(26)32/h6-16,24,34H,3-5,33H2,1-2H3,(H,37,41)/b9-8-. The number of hydrogen-bond acceptors (Lipinski definition) is 6. The molecular weight excluding hydrogens is 552 g/mol. The summed E-state index contributed by atoms with van der Waals surface area (Å²) in [4.78, 5) is 30.8. The van der Waals surface area contributed by atoms with Gasteiger partial charge in [-0.05, 0) is 48.7 Å². The van der Waals surface area contributed by atoms with Crippen molar-refractivity contribution in [3.05, 3.63) is 93.9 Å². The first kappa shape index (κ1) is 28.0. The molecule has 41 heavy (non-hydrogen) atoms. The SMILES string of the molecule is CC1CCCC(n2cnc(-c3c(N/C=C\N)ccc(Cl)c3F)cc2=O)c2cc(F)cc(c2)-c2c(cnn2C)NC1=O. The van der Waals surface area contributed by atoms with Crippen LogP contribution in [-0.2, 0) is 11.8 Å². The van der Waals surface area contributed by atoms with Gasteiger partial charge in [-0.1, -0.05) is 24.9 Å². The van der Waals surface area contributed by atoms with Crippen LogP contribution in [0.2, 0.25) is 5.02 Å². The van der Waals surface area contributed by atoms with Gasteiger partial charge in [-0.15, -0.1) is 0 Å². The molecule has 4 aromatic rings. The number of hydrogen-bond donors (Lipinski definition) is 3. The van der Waals surface area contributed by atoms with Crippen LogP contribution in [0.1, 0.15) is 37.8 Å². The van der Waals surface area contributed by atoms with Crippen molar-refractivity contribution in [2.75, 3.05) is 10.6 Å². The lowest BCUT2D eigenvalue weighted by Crippen LogP contribution is -2.27. The van der Waals surface area contributed by atoms with Gasteiger partial charge in [-0.2, -0.15) is 5.10 Å². The van der Waals surface area contributed by atoms with Gasteiger partial charge in [0.25, 0.3) is 5.56 Å². The van der Waals surface area contributed by atoms with E-state index in [2.05, 4.69) is 20.7 Å². The highest BCUT2D eigenvalue weighted by atomic mass is 35.5. The molecule has 0 spiro atoms. The summed E-state index contributed by atoms with van der Waals surface area (Å²) in [7, 11) is 1.71. The van der Waals surface area contributed by atoms with E-state index in [1.54, 1.807) is 23.9 Å². The minimum Gasteiger partial charge on any atom is -0.403 e. The Balaban J connectivity index is 1.63. The highest BCUT2D eigenvalue weighted by molar-refractivity contribution is 6.31. The van der Waals surface area contributed by atoms with Gasteiger partial charge >= 0.3 is 0 Å². The summed E-state index contributed by atoms with van der Waals surface area (Å²) in [6.45, 7) is 1.83. The van der Waals surface area contributed by atoms with Gasteiger partial charge in [0.2, 0.25) is 5.91 Å². The second-order valence-electron chi connectivity index (χ2n) is 9.95. The summed E-state index contributed by atoms with van der Waals surface area (Å²) in [6, 6.07) is 8.08. The number of amides is 1. The Morgan fingerprint density at radius 1 is 1.17 bits per heavy atom. The minimum atomic E-state index is -0.744. The van der Waals surface area contributed by atoms with E-state index < -0.39 is 23.2 Å². The van der Waals surface area contributed by atoms with Crippen molar-refractivity contribution in [3.8, 4) is 22.5 Å². The molecule has 2 aromatic carbocycles. The summed E-state index contributed by atoms with van der Waals surface area (Å²) in [6.07, 6.45) is 7.06. The van der Waals surface area contributed by atoms with E-state index in [4.69, 9.17) is 17.3 Å². The van der Waals surface area contributed by atoms with Gasteiger partial charge in [-0.3, -0.25) is 18.8 Å². The molecule has 2 bridgehead atoms.